The molecular formula is C21H25N3O2S. The largest absolute Gasteiger partial charge is 0.339 e. The highest BCUT2D eigenvalue weighted by Crippen LogP contribution is 2.36. The van der Waals surface area contributed by atoms with E-state index < -0.39 is 0 Å². The summed E-state index contributed by atoms with van der Waals surface area (Å²) in [6.07, 6.45) is 3.50. The fourth-order valence-corrected chi connectivity index (χ4v) is 4.66. The molecule has 1 saturated heterocycles. The van der Waals surface area contributed by atoms with Crippen molar-refractivity contribution < 1.29 is 9.59 Å². The predicted octanol–water partition coefficient (Wildman–Crippen LogP) is 3.47. The summed E-state index contributed by atoms with van der Waals surface area (Å²) in [6.45, 7) is 4.88. The number of allylic oxidation sites excluding steroid dienone is 1. The van der Waals surface area contributed by atoms with Gasteiger partial charge in [-0.15, -0.1) is 0 Å². The summed E-state index contributed by atoms with van der Waals surface area (Å²) in [5, 5.41) is 13.1. The Hall–Kier alpha value is -2.26. The van der Waals surface area contributed by atoms with Gasteiger partial charge in [0.05, 0.1) is 22.4 Å². The number of benzene rings is 1. The van der Waals surface area contributed by atoms with E-state index in [-0.39, 0.29) is 35.9 Å². The molecular weight excluding hydrogens is 358 g/mol. The van der Waals surface area contributed by atoms with Gasteiger partial charge in [0, 0.05) is 24.9 Å². The van der Waals surface area contributed by atoms with E-state index in [1.807, 2.05) is 36.1 Å². The summed E-state index contributed by atoms with van der Waals surface area (Å²) in [6, 6.07) is 10.5. The number of likely N-dealkylation sites (tertiary alicyclic amines) is 1. The number of hydrogen-bond acceptors (Lipinski definition) is 4. The Labute approximate surface area is 164 Å². The Morgan fingerprint density at radius 1 is 1.33 bits per heavy atom. The van der Waals surface area contributed by atoms with Crippen LogP contribution < -0.4 is 5.32 Å². The van der Waals surface area contributed by atoms with Crippen LogP contribution >= 0.6 is 11.8 Å². The van der Waals surface area contributed by atoms with Gasteiger partial charge in [-0.1, -0.05) is 41.6 Å². The van der Waals surface area contributed by atoms with Crippen LogP contribution in [0, 0.1) is 18.3 Å². The Balaban J connectivity index is 1.77. The summed E-state index contributed by atoms with van der Waals surface area (Å²) in [5.41, 5.74) is 2.64. The molecule has 0 aromatic heterocycles. The molecule has 2 atom stereocenters. The molecule has 2 amide bonds. The van der Waals surface area contributed by atoms with Crippen LogP contribution in [0.2, 0.25) is 0 Å². The highest BCUT2D eigenvalue weighted by atomic mass is 32.2. The van der Waals surface area contributed by atoms with E-state index in [4.69, 9.17) is 0 Å². The zero-order valence-corrected chi connectivity index (χ0v) is 16.6. The van der Waals surface area contributed by atoms with Crippen LogP contribution in [-0.2, 0) is 9.59 Å². The minimum absolute atomic E-state index is 0.0729. The minimum Gasteiger partial charge on any atom is -0.339 e. The Bertz CT molecular complexity index is 795. The molecule has 0 spiro atoms. The number of nitrogens with zero attached hydrogens (tertiary/aromatic N) is 2. The summed E-state index contributed by atoms with van der Waals surface area (Å²) in [4.78, 5) is 26.7. The average molecular weight is 384 g/mol. The smallest absolute Gasteiger partial charge is 0.233 e. The van der Waals surface area contributed by atoms with E-state index in [1.54, 1.807) is 0 Å². The summed E-state index contributed by atoms with van der Waals surface area (Å²) >= 11 is 1.27. The van der Waals surface area contributed by atoms with Gasteiger partial charge in [0.25, 0.3) is 0 Å². The van der Waals surface area contributed by atoms with Crippen molar-refractivity contribution in [2.75, 3.05) is 12.3 Å². The van der Waals surface area contributed by atoms with Crippen molar-refractivity contribution in [3.8, 4) is 6.07 Å². The number of carbonyl (C=O) groups excluding carboxylic acids is 2. The first-order valence-corrected chi connectivity index (χ1v) is 10.4. The Kier molecular flexibility index (Phi) is 6.22. The topological polar surface area (TPSA) is 73.2 Å². The first-order valence-electron chi connectivity index (χ1n) is 9.42. The number of piperidine rings is 1. The van der Waals surface area contributed by atoms with Crippen LogP contribution in [0.4, 0.5) is 0 Å². The highest BCUT2D eigenvalue weighted by molar-refractivity contribution is 8.03. The standard InChI is InChI=1S/C21H25N3O2S/c1-14-6-8-16(9-7-14)17-11-19(25)23-21(18(17)12-22)27-13-20(26)24-10-4-3-5-15(24)2/h6-9,15,17H,3-5,10-11,13H2,1-2H3,(H,23,25)/t15-,17-/m0/s1. The molecule has 2 heterocycles. The van der Waals surface area contributed by atoms with E-state index >= 15 is 0 Å². The van der Waals surface area contributed by atoms with Crippen LogP contribution in [0.5, 0.6) is 0 Å². The fraction of sp³-hybridized carbons (Fsp3) is 0.476. The van der Waals surface area contributed by atoms with Crippen LogP contribution in [0.1, 0.15) is 49.7 Å². The molecule has 0 saturated carbocycles. The van der Waals surface area contributed by atoms with Gasteiger partial charge in [0.15, 0.2) is 0 Å². The van der Waals surface area contributed by atoms with Gasteiger partial charge in [0.2, 0.25) is 11.8 Å². The number of rotatable bonds is 4. The van der Waals surface area contributed by atoms with E-state index in [0.29, 0.717) is 10.6 Å². The van der Waals surface area contributed by atoms with Gasteiger partial charge >= 0.3 is 0 Å². The molecule has 5 nitrogen and oxygen atoms in total. The maximum atomic E-state index is 12.6. The highest BCUT2D eigenvalue weighted by Gasteiger charge is 2.30. The van der Waals surface area contributed by atoms with Gasteiger partial charge in [-0.2, -0.15) is 5.26 Å². The van der Waals surface area contributed by atoms with Crippen molar-refractivity contribution in [2.24, 2.45) is 0 Å². The van der Waals surface area contributed by atoms with Crippen molar-refractivity contribution in [1.82, 2.24) is 10.2 Å². The molecule has 142 valence electrons. The molecule has 3 rings (SSSR count). The number of hydrogen-bond donors (Lipinski definition) is 1. The number of thioether (sulfide) groups is 1. The van der Waals surface area contributed by atoms with Crippen molar-refractivity contribution in [3.63, 3.8) is 0 Å². The molecule has 6 heteroatoms. The minimum atomic E-state index is -0.254. The maximum Gasteiger partial charge on any atom is 0.233 e. The third-order valence-corrected chi connectivity index (χ3v) is 6.30. The summed E-state index contributed by atoms with van der Waals surface area (Å²) in [7, 11) is 0. The average Bonchev–Trinajstić information content (AvgIpc) is 2.66. The molecule has 2 aliphatic heterocycles. The van der Waals surface area contributed by atoms with Gasteiger partial charge in [-0.05, 0) is 38.7 Å². The van der Waals surface area contributed by atoms with Crippen LogP contribution in [-0.4, -0.2) is 35.1 Å². The normalized spacial score (nSPS) is 23.0. The van der Waals surface area contributed by atoms with Gasteiger partial charge in [0.1, 0.15) is 0 Å². The lowest BCUT2D eigenvalue weighted by molar-refractivity contribution is -0.131. The lowest BCUT2D eigenvalue weighted by Crippen LogP contribution is -2.43. The number of aryl methyl sites for hydroxylation is 1. The Morgan fingerprint density at radius 2 is 2.07 bits per heavy atom. The number of amides is 2. The van der Waals surface area contributed by atoms with Crippen molar-refractivity contribution in [3.05, 3.63) is 46.0 Å². The van der Waals surface area contributed by atoms with Crippen molar-refractivity contribution in [2.45, 2.75) is 51.5 Å². The summed E-state index contributed by atoms with van der Waals surface area (Å²) in [5.74, 6) is -0.0495. The van der Waals surface area contributed by atoms with E-state index in [0.717, 1.165) is 36.9 Å². The van der Waals surface area contributed by atoms with Crippen LogP contribution in [0.25, 0.3) is 0 Å². The first kappa shape index (κ1) is 19.5. The lowest BCUT2D eigenvalue weighted by Gasteiger charge is -2.33. The number of carbonyl (C=O) groups is 2. The monoisotopic (exact) mass is 383 g/mol. The zero-order valence-electron chi connectivity index (χ0n) is 15.8. The first-order chi connectivity index (χ1) is 13.0. The molecule has 0 bridgehead atoms. The van der Waals surface area contributed by atoms with Crippen molar-refractivity contribution in [1.29, 1.82) is 5.26 Å². The molecule has 1 fully saturated rings. The Morgan fingerprint density at radius 3 is 2.74 bits per heavy atom. The SMILES string of the molecule is Cc1ccc([C@@H]2CC(=O)NC(SCC(=O)N3CCCC[C@@H]3C)=C2C#N)cc1. The molecule has 0 radical (unpaired) electrons. The third-order valence-electron chi connectivity index (χ3n) is 5.30. The molecule has 1 N–H and O–H groups in total. The van der Waals surface area contributed by atoms with E-state index in [2.05, 4.69) is 18.3 Å². The van der Waals surface area contributed by atoms with Crippen LogP contribution in [0.3, 0.4) is 0 Å². The molecule has 2 aliphatic rings. The van der Waals surface area contributed by atoms with Gasteiger partial charge in [-0.25, -0.2) is 0 Å². The molecule has 27 heavy (non-hydrogen) atoms. The molecule has 0 unspecified atom stereocenters. The van der Waals surface area contributed by atoms with Gasteiger partial charge < -0.3 is 10.2 Å². The fourth-order valence-electron chi connectivity index (χ4n) is 3.70. The lowest BCUT2D eigenvalue weighted by atomic mass is 9.87. The second kappa shape index (κ2) is 8.62. The quantitative estimate of drug-likeness (QED) is 0.864. The number of nitrogens with one attached hydrogen (secondary N) is 1. The molecule has 1 aromatic rings. The maximum absolute atomic E-state index is 12.6. The van der Waals surface area contributed by atoms with Crippen molar-refractivity contribution >= 4 is 23.6 Å². The second-order valence-corrected chi connectivity index (χ2v) is 8.28. The van der Waals surface area contributed by atoms with Crippen LogP contribution in [0.15, 0.2) is 34.9 Å². The van der Waals surface area contributed by atoms with E-state index in [9.17, 15) is 14.9 Å². The van der Waals surface area contributed by atoms with E-state index in [1.165, 1.54) is 11.8 Å². The summed E-state index contributed by atoms with van der Waals surface area (Å²) < 4.78 is 0. The molecule has 1 aromatic carbocycles. The number of nitriles is 1. The third kappa shape index (κ3) is 4.54. The predicted molar refractivity (Wildman–Crippen MR) is 107 cm³/mol. The second-order valence-electron chi connectivity index (χ2n) is 7.29. The zero-order chi connectivity index (χ0) is 19.4. The van der Waals surface area contributed by atoms with Gasteiger partial charge in [-0.3, -0.25) is 9.59 Å². The molecule has 0 aliphatic carbocycles.